The summed E-state index contributed by atoms with van der Waals surface area (Å²) in [5.74, 6) is 1.46. The van der Waals surface area contributed by atoms with Crippen LogP contribution >= 0.6 is 89.3 Å². The second-order valence-electron chi connectivity index (χ2n) is 23.4. The second kappa shape index (κ2) is 67.7. The molecule has 4 unspecified atom stereocenters. The van der Waals surface area contributed by atoms with Crippen LogP contribution in [-0.4, -0.2) is 119 Å². The first-order chi connectivity index (χ1) is 49.3. The Hall–Kier alpha value is -4.18. The number of hydrogen-bond acceptors (Lipinski definition) is 23. The molecule has 1 N–H and O–H groups in total. The zero-order chi connectivity index (χ0) is 80.7. The average Bonchev–Trinajstić information content (AvgIpc) is 0.838. The Balaban J connectivity index is -0.000000379. The van der Waals surface area contributed by atoms with Gasteiger partial charge in [0.2, 0.25) is 7.37 Å². The van der Waals surface area contributed by atoms with Gasteiger partial charge in [0.15, 0.2) is 6.49 Å². The van der Waals surface area contributed by atoms with Crippen molar-refractivity contribution >= 4 is 118 Å². The summed E-state index contributed by atoms with van der Waals surface area (Å²) in [5, 5.41) is -2.28. The molecular formula is C72H102Cl4NNaO22P6. The number of halogens is 4. The van der Waals surface area contributed by atoms with E-state index in [4.69, 9.17) is 84.3 Å². The average molecular weight is 1680 g/mol. The van der Waals surface area contributed by atoms with Crippen LogP contribution in [0.5, 0.6) is 5.75 Å². The molecule has 0 fully saturated rings. The third-order valence-corrected chi connectivity index (χ3v) is 23.6. The van der Waals surface area contributed by atoms with Gasteiger partial charge in [-0.2, -0.15) is 28.8 Å². The van der Waals surface area contributed by atoms with Crippen LogP contribution in [0.15, 0.2) is 182 Å². The van der Waals surface area contributed by atoms with Gasteiger partial charge in [-0.25, -0.2) is 13.7 Å². The molecule has 0 bridgehead atoms. The summed E-state index contributed by atoms with van der Waals surface area (Å²) < 4.78 is 109. The van der Waals surface area contributed by atoms with E-state index in [0.717, 1.165) is 59.4 Å². The summed E-state index contributed by atoms with van der Waals surface area (Å²) in [4.78, 5) is 80.9. The number of rotatable bonds is 34. The molecule has 6 aromatic carbocycles. The molecule has 106 heavy (non-hydrogen) atoms. The monoisotopic (exact) mass is 1680 g/mol. The van der Waals surface area contributed by atoms with Crippen LogP contribution in [0, 0.1) is 11.8 Å². The molecule has 6 aromatic rings. The Morgan fingerprint density at radius 1 is 0.434 bits per heavy atom. The zero-order valence-corrected chi connectivity index (χ0v) is 72.9. The van der Waals surface area contributed by atoms with Crippen LogP contribution in [0.1, 0.15) is 95.5 Å². The van der Waals surface area contributed by atoms with Gasteiger partial charge in [-0.3, -0.25) is 14.2 Å². The Morgan fingerprint density at radius 2 is 0.689 bits per heavy atom. The van der Waals surface area contributed by atoms with Crippen LogP contribution in [0.25, 0.3) is 0 Å². The number of nitrogens with one attached hydrogen (secondary N) is 1. The number of para-hydroxylation sites is 1. The second-order valence-corrected chi connectivity index (χ2v) is 42.4. The maximum Gasteiger partial charge on any atom is 1.00 e. The number of carbonyl (C=O) groups is 2. The SMILES string of the molecule is CCP(=O)(Oc1ccccc1)OP(C)(=O)COCc1ccccc1.CC[C@H](C)C[P@](C)(=O)COCc1ccccc1.CC[C@H](C)C[P@](C)(=O)COCc1ccccc1.CC[C@H](C)NCl.CP(=O)(Cl)COCc1ccccc1.CP(=O)([O-])COCc1ccccc1.O=C(Cl)C(=O)Cl.O=C=O.O=C=O.O=C=O.[Na+]. The molecule has 586 valence electrons. The molecule has 0 aliphatic heterocycles. The molecule has 0 aliphatic rings. The number of hydrogen-bond donors (Lipinski definition) is 1. The van der Waals surface area contributed by atoms with Crippen molar-refractivity contribution in [3.05, 3.63) is 210 Å². The van der Waals surface area contributed by atoms with Crippen molar-refractivity contribution in [2.75, 3.05) is 83.5 Å². The van der Waals surface area contributed by atoms with Gasteiger partial charge in [-0.15, -0.1) is 0 Å². The predicted molar refractivity (Wildman–Crippen MR) is 414 cm³/mol. The van der Waals surface area contributed by atoms with E-state index in [1.807, 2.05) is 178 Å². The van der Waals surface area contributed by atoms with Gasteiger partial charge in [0.05, 0.1) is 58.2 Å². The summed E-state index contributed by atoms with van der Waals surface area (Å²) in [6.45, 7) is 21.8. The van der Waals surface area contributed by atoms with E-state index in [0.29, 0.717) is 69.4 Å². The molecular weight excluding hydrogens is 1580 g/mol. The van der Waals surface area contributed by atoms with Crippen molar-refractivity contribution in [3.63, 3.8) is 0 Å². The molecule has 0 amide bonds. The van der Waals surface area contributed by atoms with Crippen molar-refractivity contribution in [1.82, 2.24) is 4.84 Å². The molecule has 34 heteroatoms. The Kier molecular flexibility index (Phi) is 70.5. The van der Waals surface area contributed by atoms with Gasteiger partial charge in [-0.05, 0) is 120 Å². The van der Waals surface area contributed by atoms with Gasteiger partial charge in [0.25, 0.3) is 0 Å². The van der Waals surface area contributed by atoms with Crippen molar-refractivity contribution in [2.45, 2.75) is 107 Å². The maximum absolute atomic E-state index is 12.7. The third kappa shape index (κ3) is 73.9. The molecule has 0 heterocycles. The predicted octanol–water partition coefficient (Wildman–Crippen LogP) is 15.8. The summed E-state index contributed by atoms with van der Waals surface area (Å²) in [7, 11) is -14.2. The van der Waals surface area contributed by atoms with E-state index in [2.05, 4.69) is 62.7 Å². The number of benzene rings is 6. The Bertz CT molecular complexity index is 3420. The zero-order valence-electron chi connectivity index (χ0n) is 62.5. The largest absolute Gasteiger partial charge is 1.00 e. The topological polar surface area (TPSA) is 339 Å². The number of carbonyl (C=O) groups excluding carboxylic acids is 8. The number of ether oxygens (including phenoxy) is 5. The smallest absolute Gasteiger partial charge is 0.798 e. The molecule has 0 spiro atoms. The van der Waals surface area contributed by atoms with E-state index in [9.17, 15) is 41.9 Å². The van der Waals surface area contributed by atoms with E-state index in [1.54, 1.807) is 31.2 Å². The van der Waals surface area contributed by atoms with Crippen molar-refractivity contribution in [1.29, 1.82) is 0 Å². The molecule has 0 aromatic heterocycles. The fraction of sp³-hybridized carbons (Fsp3) is 0.431. The van der Waals surface area contributed by atoms with Gasteiger partial charge < -0.3 is 51.4 Å². The minimum Gasteiger partial charge on any atom is -0.798 e. The summed E-state index contributed by atoms with van der Waals surface area (Å²) in [6, 6.07) is 57.9. The molecule has 0 radical (unpaired) electrons. The van der Waals surface area contributed by atoms with Crippen LogP contribution in [0.3, 0.4) is 0 Å². The summed E-state index contributed by atoms with van der Waals surface area (Å²) in [6.07, 6.45) is 6.30. The van der Waals surface area contributed by atoms with Crippen LogP contribution in [0.4, 0.5) is 0 Å². The molecule has 6 rings (SSSR count). The van der Waals surface area contributed by atoms with Crippen molar-refractivity contribution in [3.8, 4) is 5.75 Å². The fourth-order valence-electron chi connectivity index (χ4n) is 7.40. The van der Waals surface area contributed by atoms with Gasteiger partial charge in [0.1, 0.15) is 32.7 Å². The van der Waals surface area contributed by atoms with E-state index in [1.165, 1.54) is 20.0 Å². The Labute approximate surface area is 668 Å². The third-order valence-electron chi connectivity index (χ3n) is 12.7. The van der Waals surface area contributed by atoms with Crippen molar-refractivity contribution < 1.29 is 133 Å². The first-order valence-corrected chi connectivity index (χ1v) is 48.1. The summed E-state index contributed by atoms with van der Waals surface area (Å²) in [5.41, 5.74) is 5.28. The summed E-state index contributed by atoms with van der Waals surface area (Å²) >= 11 is 19.7. The molecule has 0 saturated heterocycles. The minimum absolute atomic E-state index is 0. The van der Waals surface area contributed by atoms with Crippen LogP contribution < -0.4 is 43.8 Å². The minimum atomic E-state index is -3.50. The van der Waals surface area contributed by atoms with Gasteiger partial charge in [0, 0.05) is 39.1 Å². The quantitative estimate of drug-likeness (QED) is 0.0129. The van der Waals surface area contributed by atoms with Crippen LogP contribution in [0.2, 0.25) is 0 Å². The molecule has 9 atom stereocenters. The van der Waals surface area contributed by atoms with E-state index >= 15 is 0 Å². The molecule has 0 saturated carbocycles. The van der Waals surface area contributed by atoms with E-state index in [-0.39, 0.29) is 73.2 Å². The maximum atomic E-state index is 12.7. The van der Waals surface area contributed by atoms with Crippen LogP contribution in [-0.2, 0) is 127 Å². The van der Waals surface area contributed by atoms with Gasteiger partial charge in [-0.1, -0.05) is 235 Å². The standard InChI is InChI=1S/C17H22O5P2.2C14H23O2P.C9H12ClO2P.C9H13O3P.C4H10ClN.C2Cl2O2.3CO2.Na/c1-3-24(19,21-17-12-8-5-9-13-17)22-23(2,18)15-20-14-16-10-6-4-7-11-16;2*1-4-13(2)11-17(3,15)12-16-10-14-8-6-5-7-9-14;2*1-13(10,11)8-12-7-9-5-3-2-4-6-9;1-3-4(2)6-5;3-1(5)2(4)6;3*2-1-3;/h4-13H,3,14-15H2,1-2H3;2*5-9,13H,4,10-12H2,1-3H3;2-6H,7-8H2,1H3;2-6H,7-8H2,1H3,(H,10,11);4,6H,3H2,1-2H3;;;;;/q;;;;;;;;;;+1/p-1/t;2*13-,17-;;;4-;;;;;/m.00..0...../s1. The molecule has 0 aliphatic carbocycles. The normalized spacial score (nSPS) is 14.1. The van der Waals surface area contributed by atoms with Gasteiger partial charge >= 0.3 is 66.1 Å². The first-order valence-electron chi connectivity index (χ1n) is 32.4. The molecule has 23 nitrogen and oxygen atoms in total. The first kappa shape index (κ1) is 110. The fourth-order valence-corrected chi connectivity index (χ4v) is 16.8. The van der Waals surface area contributed by atoms with Crippen molar-refractivity contribution in [2.24, 2.45) is 11.8 Å². The van der Waals surface area contributed by atoms with E-state index < -0.39 is 53.6 Å². The Morgan fingerprint density at radius 3 is 0.906 bits per heavy atom.